The van der Waals surface area contributed by atoms with E-state index in [1.165, 1.54) is 4.80 Å². The minimum Gasteiger partial charge on any atom is -0.292 e. The van der Waals surface area contributed by atoms with E-state index in [9.17, 15) is 4.79 Å². The first-order chi connectivity index (χ1) is 11.5. The van der Waals surface area contributed by atoms with E-state index in [-0.39, 0.29) is 5.78 Å². The van der Waals surface area contributed by atoms with Gasteiger partial charge in [-0.3, -0.25) is 4.79 Å². The number of nitrogens with zero attached hydrogens (tertiary/aromatic N) is 4. The Bertz CT molecular complexity index is 898. The second-order valence-electron chi connectivity index (χ2n) is 6.11. The van der Waals surface area contributed by atoms with E-state index in [0.29, 0.717) is 11.4 Å². The molecule has 0 bridgehead atoms. The molecule has 1 aromatic heterocycles. The van der Waals surface area contributed by atoms with Gasteiger partial charge in [-0.2, -0.15) is 4.80 Å². The van der Waals surface area contributed by atoms with Gasteiger partial charge in [-0.15, -0.1) is 10.2 Å². The zero-order valence-corrected chi connectivity index (χ0v) is 14.3. The minimum atomic E-state index is -0.504. The Labute approximate surface area is 141 Å². The summed E-state index contributed by atoms with van der Waals surface area (Å²) >= 11 is 0. The molecule has 5 heteroatoms. The molecule has 0 aliphatic rings. The summed E-state index contributed by atoms with van der Waals surface area (Å²) in [7, 11) is 0. The smallest absolute Gasteiger partial charge is 0.205 e. The number of aromatic nitrogens is 4. The van der Waals surface area contributed by atoms with Crippen LogP contribution >= 0.6 is 0 Å². The lowest BCUT2D eigenvalue weighted by Crippen LogP contribution is -2.20. The van der Waals surface area contributed by atoms with E-state index >= 15 is 0 Å². The SMILES string of the molecule is Cc1ccc(C)c(C(=O)[C@@H](C)n2nnc(-c3ccccc3C)n2)c1. The Morgan fingerprint density at radius 2 is 1.79 bits per heavy atom. The molecule has 0 saturated carbocycles. The number of carbonyl (C=O) groups is 1. The van der Waals surface area contributed by atoms with Crippen molar-refractivity contribution in [1.82, 2.24) is 20.2 Å². The lowest BCUT2D eigenvalue weighted by molar-refractivity contribution is 0.0917. The molecule has 0 radical (unpaired) electrons. The van der Waals surface area contributed by atoms with Gasteiger partial charge in [-0.1, -0.05) is 42.0 Å². The third-order valence-electron chi connectivity index (χ3n) is 4.20. The molecule has 0 N–H and O–H groups in total. The monoisotopic (exact) mass is 320 g/mol. The largest absolute Gasteiger partial charge is 0.292 e. The molecule has 0 spiro atoms. The molecule has 24 heavy (non-hydrogen) atoms. The summed E-state index contributed by atoms with van der Waals surface area (Å²) in [5.74, 6) is 0.527. The third kappa shape index (κ3) is 2.97. The lowest BCUT2D eigenvalue weighted by atomic mass is 9.98. The second-order valence-corrected chi connectivity index (χ2v) is 6.11. The fraction of sp³-hybridized carbons (Fsp3) is 0.263. The zero-order chi connectivity index (χ0) is 17.3. The number of Topliss-reactive ketones (excluding diaryl/α,β-unsaturated/α-hetero) is 1. The van der Waals surface area contributed by atoms with Crippen molar-refractivity contribution in [2.75, 3.05) is 0 Å². The Kier molecular flexibility index (Phi) is 4.25. The number of carbonyl (C=O) groups excluding carboxylic acids is 1. The summed E-state index contributed by atoms with van der Waals surface area (Å²) < 4.78 is 0. The highest BCUT2D eigenvalue weighted by Gasteiger charge is 2.22. The van der Waals surface area contributed by atoms with Crippen molar-refractivity contribution in [3.8, 4) is 11.4 Å². The van der Waals surface area contributed by atoms with Crippen molar-refractivity contribution >= 4 is 5.78 Å². The lowest BCUT2D eigenvalue weighted by Gasteiger charge is -2.11. The second kappa shape index (κ2) is 6.35. The summed E-state index contributed by atoms with van der Waals surface area (Å²) in [6, 6.07) is 13.2. The molecule has 3 aromatic rings. The van der Waals surface area contributed by atoms with Crippen LogP contribution in [0.1, 0.15) is 40.0 Å². The molecule has 0 saturated heterocycles. The predicted molar refractivity (Wildman–Crippen MR) is 92.9 cm³/mol. The summed E-state index contributed by atoms with van der Waals surface area (Å²) in [6.45, 7) is 7.71. The molecule has 0 fully saturated rings. The summed E-state index contributed by atoms with van der Waals surface area (Å²) in [4.78, 5) is 14.2. The maximum atomic E-state index is 12.8. The van der Waals surface area contributed by atoms with Gasteiger partial charge in [-0.25, -0.2) is 0 Å². The maximum Gasteiger partial charge on any atom is 0.205 e. The average Bonchev–Trinajstić information content (AvgIpc) is 3.06. The molecule has 2 aromatic carbocycles. The van der Waals surface area contributed by atoms with Crippen LogP contribution < -0.4 is 0 Å². The van der Waals surface area contributed by atoms with E-state index < -0.39 is 6.04 Å². The van der Waals surface area contributed by atoms with Crippen LogP contribution in [0.5, 0.6) is 0 Å². The number of rotatable bonds is 4. The van der Waals surface area contributed by atoms with E-state index in [1.54, 1.807) is 6.92 Å². The van der Waals surface area contributed by atoms with Crippen molar-refractivity contribution in [1.29, 1.82) is 0 Å². The first-order valence-electron chi connectivity index (χ1n) is 7.94. The van der Waals surface area contributed by atoms with Gasteiger partial charge in [-0.05, 0) is 50.1 Å². The molecule has 0 unspecified atom stereocenters. The zero-order valence-electron chi connectivity index (χ0n) is 14.3. The van der Waals surface area contributed by atoms with Crippen LogP contribution in [-0.4, -0.2) is 26.0 Å². The molecule has 0 aliphatic carbocycles. The third-order valence-corrected chi connectivity index (χ3v) is 4.20. The Morgan fingerprint density at radius 3 is 2.54 bits per heavy atom. The van der Waals surface area contributed by atoms with Crippen LogP contribution in [0.2, 0.25) is 0 Å². The van der Waals surface area contributed by atoms with Gasteiger partial charge in [0.1, 0.15) is 6.04 Å². The standard InChI is InChI=1S/C19H20N4O/c1-12-9-10-14(3)17(11-12)18(24)15(4)23-21-19(20-22-23)16-8-6-5-7-13(16)2/h5-11,15H,1-4H3/t15-/m1/s1. The average molecular weight is 320 g/mol. The summed E-state index contributed by atoms with van der Waals surface area (Å²) in [5.41, 5.74) is 4.72. The fourth-order valence-corrected chi connectivity index (χ4v) is 2.65. The van der Waals surface area contributed by atoms with Gasteiger partial charge >= 0.3 is 0 Å². The van der Waals surface area contributed by atoms with Gasteiger partial charge in [0.15, 0.2) is 5.78 Å². The van der Waals surface area contributed by atoms with Crippen LogP contribution in [0.15, 0.2) is 42.5 Å². The first kappa shape index (κ1) is 16.1. The van der Waals surface area contributed by atoms with Gasteiger partial charge in [0.25, 0.3) is 0 Å². The molecule has 1 atom stereocenters. The normalized spacial score (nSPS) is 12.2. The minimum absolute atomic E-state index is 0.00932. The van der Waals surface area contributed by atoms with Crippen molar-refractivity contribution < 1.29 is 4.79 Å². The number of hydrogen-bond donors (Lipinski definition) is 0. The molecular weight excluding hydrogens is 300 g/mol. The molecule has 1 heterocycles. The van der Waals surface area contributed by atoms with Crippen LogP contribution in [0.25, 0.3) is 11.4 Å². The number of tetrazole rings is 1. The van der Waals surface area contributed by atoms with Crippen LogP contribution in [-0.2, 0) is 0 Å². The number of ketones is 1. The van der Waals surface area contributed by atoms with Crippen LogP contribution in [0.3, 0.4) is 0 Å². The molecule has 5 nitrogen and oxygen atoms in total. The number of aryl methyl sites for hydroxylation is 3. The summed E-state index contributed by atoms with van der Waals surface area (Å²) in [6.07, 6.45) is 0. The van der Waals surface area contributed by atoms with Gasteiger partial charge in [0.2, 0.25) is 5.82 Å². The first-order valence-corrected chi connectivity index (χ1v) is 7.94. The Balaban J connectivity index is 1.91. The topological polar surface area (TPSA) is 60.7 Å². The molecule has 3 rings (SSSR count). The Hall–Kier alpha value is -2.82. The van der Waals surface area contributed by atoms with Crippen molar-refractivity contribution in [2.24, 2.45) is 0 Å². The van der Waals surface area contributed by atoms with Gasteiger partial charge in [0, 0.05) is 11.1 Å². The fourth-order valence-electron chi connectivity index (χ4n) is 2.65. The highest BCUT2D eigenvalue weighted by atomic mass is 16.1. The number of benzene rings is 2. The van der Waals surface area contributed by atoms with Crippen molar-refractivity contribution in [3.63, 3.8) is 0 Å². The highest BCUT2D eigenvalue weighted by Crippen LogP contribution is 2.21. The predicted octanol–water partition coefficient (Wildman–Crippen LogP) is 3.71. The van der Waals surface area contributed by atoms with Gasteiger partial charge < -0.3 is 0 Å². The van der Waals surface area contributed by atoms with Crippen LogP contribution in [0.4, 0.5) is 0 Å². The van der Waals surface area contributed by atoms with Gasteiger partial charge in [0.05, 0.1) is 0 Å². The maximum absolute atomic E-state index is 12.8. The van der Waals surface area contributed by atoms with Crippen LogP contribution in [0, 0.1) is 20.8 Å². The molecular formula is C19H20N4O. The quantitative estimate of drug-likeness (QED) is 0.688. The molecule has 122 valence electrons. The highest BCUT2D eigenvalue weighted by molar-refractivity contribution is 6.00. The van der Waals surface area contributed by atoms with Crippen molar-refractivity contribution in [2.45, 2.75) is 33.7 Å². The van der Waals surface area contributed by atoms with E-state index in [2.05, 4.69) is 15.4 Å². The van der Waals surface area contributed by atoms with E-state index in [0.717, 1.165) is 22.3 Å². The number of hydrogen-bond acceptors (Lipinski definition) is 4. The molecule has 0 amide bonds. The van der Waals surface area contributed by atoms with E-state index in [4.69, 9.17) is 0 Å². The molecule has 0 aliphatic heterocycles. The van der Waals surface area contributed by atoms with E-state index in [1.807, 2.05) is 63.2 Å². The Morgan fingerprint density at radius 1 is 1.04 bits per heavy atom. The van der Waals surface area contributed by atoms with Crippen molar-refractivity contribution in [3.05, 3.63) is 64.7 Å². The summed E-state index contributed by atoms with van der Waals surface area (Å²) in [5, 5.41) is 12.6.